The summed E-state index contributed by atoms with van der Waals surface area (Å²) in [5.74, 6) is 1.04. The third kappa shape index (κ3) is 5.95. The highest BCUT2D eigenvalue weighted by molar-refractivity contribution is 9.10. The second-order valence-electron chi connectivity index (χ2n) is 7.48. The summed E-state index contributed by atoms with van der Waals surface area (Å²) in [6, 6.07) is 17.1. The van der Waals surface area contributed by atoms with Gasteiger partial charge in [-0.1, -0.05) is 27.2 Å². The molecule has 0 radical (unpaired) electrons. The molecule has 0 saturated carbocycles. The molecule has 8 nitrogen and oxygen atoms in total. The van der Waals surface area contributed by atoms with Gasteiger partial charge in [0.1, 0.15) is 17.3 Å². The molecule has 4 rings (SSSR count). The van der Waals surface area contributed by atoms with Crippen LogP contribution >= 0.6 is 15.9 Å². The summed E-state index contributed by atoms with van der Waals surface area (Å²) >= 11 is 3.42. The van der Waals surface area contributed by atoms with Crippen molar-refractivity contribution in [3.05, 3.63) is 93.8 Å². The Labute approximate surface area is 200 Å². The molecule has 2 heterocycles. The minimum Gasteiger partial charge on any atom is -0.497 e. The highest BCUT2D eigenvalue weighted by Crippen LogP contribution is 2.21. The van der Waals surface area contributed by atoms with E-state index in [1.54, 1.807) is 30.1 Å². The van der Waals surface area contributed by atoms with Crippen LogP contribution in [0.4, 0.5) is 11.5 Å². The first-order valence-corrected chi connectivity index (χ1v) is 11.1. The Morgan fingerprint density at radius 1 is 1.15 bits per heavy atom. The SMILES string of the molecule is COc1cc(C)cc(Cn2cc(CNC(=O)c3cccnc3Nc3ccc(Br)cc3)nn2)c1. The van der Waals surface area contributed by atoms with E-state index in [1.165, 1.54) is 0 Å². The third-order valence-corrected chi connectivity index (χ3v) is 5.40. The fourth-order valence-corrected chi connectivity index (χ4v) is 3.61. The van der Waals surface area contributed by atoms with Crippen molar-refractivity contribution in [2.45, 2.75) is 20.0 Å². The summed E-state index contributed by atoms with van der Waals surface area (Å²) < 4.78 is 8.04. The molecule has 33 heavy (non-hydrogen) atoms. The molecule has 0 bridgehead atoms. The van der Waals surface area contributed by atoms with Crippen molar-refractivity contribution in [3.63, 3.8) is 0 Å². The van der Waals surface area contributed by atoms with Gasteiger partial charge >= 0.3 is 0 Å². The zero-order valence-electron chi connectivity index (χ0n) is 18.2. The zero-order valence-corrected chi connectivity index (χ0v) is 19.8. The van der Waals surface area contributed by atoms with Crippen LogP contribution < -0.4 is 15.4 Å². The van der Waals surface area contributed by atoms with Gasteiger partial charge in [0.2, 0.25) is 0 Å². The van der Waals surface area contributed by atoms with Crippen molar-refractivity contribution < 1.29 is 9.53 Å². The smallest absolute Gasteiger partial charge is 0.255 e. The van der Waals surface area contributed by atoms with Crippen molar-refractivity contribution in [1.82, 2.24) is 25.3 Å². The van der Waals surface area contributed by atoms with Gasteiger partial charge in [-0.3, -0.25) is 4.79 Å². The Hall–Kier alpha value is -3.72. The summed E-state index contributed by atoms with van der Waals surface area (Å²) in [5.41, 5.74) is 4.11. The van der Waals surface area contributed by atoms with Crippen LogP contribution in [0, 0.1) is 6.92 Å². The van der Waals surface area contributed by atoms with Gasteiger partial charge in [0, 0.05) is 16.4 Å². The van der Waals surface area contributed by atoms with Crippen LogP contribution in [-0.4, -0.2) is 33.0 Å². The molecule has 0 unspecified atom stereocenters. The van der Waals surface area contributed by atoms with Gasteiger partial charge in [-0.15, -0.1) is 5.10 Å². The first-order chi connectivity index (χ1) is 16.0. The van der Waals surface area contributed by atoms with Crippen LogP contribution in [-0.2, 0) is 13.1 Å². The Bertz CT molecular complexity index is 1260. The van der Waals surface area contributed by atoms with E-state index in [4.69, 9.17) is 4.74 Å². The van der Waals surface area contributed by atoms with Crippen molar-refractivity contribution in [2.24, 2.45) is 0 Å². The van der Waals surface area contributed by atoms with E-state index in [2.05, 4.69) is 47.9 Å². The Morgan fingerprint density at radius 3 is 2.76 bits per heavy atom. The summed E-state index contributed by atoms with van der Waals surface area (Å²) in [6.45, 7) is 2.83. The molecule has 2 aromatic heterocycles. The molecule has 0 saturated heterocycles. The fraction of sp³-hybridized carbons (Fsp3) is 0.167. The van der Waals surface area contributed by atoms with Crippen molar-refractivity contribution >= 4 is 33.3 Å². The lowest BCUT2D eigenvalue weighted by molar-refractivity contribution is 0.0951. The largest absolute Gasteiger partial charge is 0.497 e. The molecule has 0 aliphatic rings. The van der Waals surface area contributed by atoms with E-state index in [0.717, 1.165) is 27.0 Å². The van der Waals surface area contributed by atoms with Crippen molar-refractivity contribution in [3.8, 4) is 5.75 Å². The van der Waals surface area contributed by atoms with Gasteiger partial charge in [0.15, 0.2) is 0 Å². The van der Waals surface area contributed by atoms with Gasteiger partial charge in [-0.25, -0.2) is 9.67 Å². The van der Waals surface area contributed by atoms with Gasteiger partial charge in [-0.2, -0.15) is 0 Å². The molecule has 168 valence electrons. The fourth-order valence-electron chi connectivity index (χ4n) is 3.34. The zero-order chi connectivity index (χ0) is 23.2. The average molecular weight is 507 g/mol. The second-order valence-corrected chi connectivity index (χ2v) is 8.40. The maximum Gasteiger partial charge on any atom is 0.255 e. The average Bonchev–Trinajstić information content (AvgIpc) is 3.26. The molecular formula is C24H23BrN6O2. The number of ether oxygens (including phenoxy) is 1. The minimum absolute atomic E-state index is 0.249. The number of amides is 1. The standard InChI is InChI=1S/C24H23BrN6O2/c1-16-10-17(12-21(11-16)33-2)14-31-15-20(29-30-31)13-27-24(32)22-4-3-9-26-23(22)28-19-7-5-18(25)6-8-19/h3-12,15H,13-14H2,1-2H3,(H,26,28)(H,27,32). The molecule has 4 aromatic rings. The number of hydrogen-bond acceptors (Lipinski definition) is 6. The Morgan fingerprint density at radius 2 is 1.97 bits per heavy atom. The molecule has 0 atom stereocenters. The number of halogens is 1. The molecule has 2 aromatic carbocycles. The molecule has 0 aliphatic heterocycles. The number of carbonyl (C=O) groups excluding carboxylic acids is 1. The number of nitrogens with one attached hydrogen (secondary N) is 2. The van der Waals surface area contributed by atoms with Gasteiger partial charge in [0.05, 0.1) is 32.0 Å². The molecule has 0 aliphatic carbocycles. The maximum atomic E-state index is 12.8. The Kier molecular flexibility index (Phi) is 6.99. The number of hydrogen-bond donors (Lipinski definition) is 2. The number of anilines is 2. The summed E-state index contributed by atoms with van der Waals surface area (Å²) in [7, 11) is 1.65. The summed E-state index contributed by atoms with van der Waals surface area (Å²) in [6.07, 6.45) is 3.46. The number of rotatable bonds is 8. The molecule has 2 N–H and O–H groups in total. The quantitative estimate of drug-likeness (QED) is 0.366. The van der Waals surface area contributed by atoms with E-state index < -0.39 is 0 Å². The van der Waals surface area contributed by atoms with Crippen LogP contribution in [0.15, 0.2) is 71.5 Å². The first-order valence-electron chi connectivity index (χ1n) is 10.3. The van der Waals surface area contributed by atoms with Crippen LogP contribution in [0.3, 0.4) is 0 Å². The minimum atomic E-state index is -0.249. The third-order valence-electron chi connectivity index (χ3n) is 4.87. The Balaban J connectivity index is 1.39. The highest BCUT2D eigenvalue weighted by Gasteiger charge is 2.13. The maximum absolute atomic E-state index is 12.8. The van der Waals surface area contributed by atoms with E-state index in [9.17, 15) is 4.79 Å². The van der Waals surface area contributed by atoms with E-state index >= 15 is 0 Å². The monoisotopic (exact) mass is 506 g/mol. The molecule has 9 heteroatoms. The van der Waals surface area contributed by atoms with Crippen LogP contribution in [0.2, 0.25) is 0 Å². The van der Waals surface area contributed by atoms with E-state index in [0.29, 0.717) is 23.6 Å². The van der Waals surface area contributed by atoms with Gasteiger partial charge in [0.25, 0.3) is 5.91 Å². The van der Waals surface area contributed by atoms with E-state index in [-0.39, 0.29) is 12.5 Å². The first kappa shape index (κ1) is 22.5. The predicted octanol–water partition coefficient (Wildman–Crippen LogP) is 4.47. The molecule has 1 amide bonds. The van der Waals surface area contributed by atoms with Crippen molar-refractivity contribution in [2.75, 3.05) is 12.4 Å². The highest BCUT2D eigenvalue weighted by atomic mass is 79.9. The summed E-state index contributed by atoms with van der Waals surface area (Å²) in [5, 5.41) is 14.4. The van der Waals surface area contributed by atoms with Gasteiger partial charge < -0.3 is 15.4 Å². The predicted molar refractivity (Wildman–Crippen MR) is 130 cm³/mol. The van der Waals surface area contributed by atoms with Gasteiger partial charge in [-0.05, 0) is 66.6 Å². The number of pyridine rings is 1. The summed E-state index contributed by atoms with van der Waals surface area (Å²) in [4.78, 5) is 17.1. The van der Waals surface area contributed by atoms with Crippen LogP contribution in [0.5, 0.6) is 5.75 Å². The number of methoxy groups -OCH3 is 1. The van der Waals surface area contributed by atoms with Crippen LogP contribution in [0.1, 0.15) is 27.2 Å². The molecule has 0 fully saturated rings. The number of aromatic nitrogens is 4. The normalized spacial score (nSPS) is 10.6. The number of aryl methyl sites for hydroxylation is 1. The number of benzene rings is 2. The lowest BCUT2D eigenvalue weighted by Gasteiger charge is -2.11. The van der Waals surface area contributed by atoms with E-state index in [1.807, 2.05) is 49.5 Å². The lowest BCUT2D eigenvalue weighted by atomic mass is 10.1. The van der Waals surface area contributed by atoms with Crippen LogP contribution in [0.25, 0.3) is 0 Å². The number of nitrogens with zero attached hydrogens (tertiary/aromatic N) is 4. The molecular weight excluding hydrogens is 484 g/mol. The topological polar surface area (TPSA) is 94.0 Å². The lowest BCUT2D eigenvalue weighted by Crippen LogP contribution is -2.24. The second kappa shape index (κ2) is 10.3. The van der Waals surface area contributed by atoms with Crippen molar-refractivity contribution in [1.29, 1.82) is 0 Å². The number of carbonyl (C=O) groups is 1. The molecule has 0 spiro atoms.